The van der Waals surface area contributed by atoms with Crippen molar-refractivity contribution < 1.29 is 10.0 Å². The molecular formula is C14H23N3O2S. The molecule has 0 bridgehead atoms. The maximum absolute atomic E-state index is 12.2. The number of hydrogen-bond acceptors (Lipinski definition) is 4. The highest BCUT2D eigenvalue weighted by Crippen LogP contribution is 2.26. The van der Waals surface area contributed by atoms with Gasteiger partial charge in [0.2, 0.25) is 5.91 Å². The van der Waals surface area contributed by atoms with Crippen LogP contribution in [0.3, 0.4) is 0 Å². The van der Waals surface area contributed by atoms with Gasteiger partial charge in [0.1, 0.15) is 5.92 Å². The van der Waals surface area contributed by atoms with E-state index in [1.165, 1.54) is 4.88 Å². The Labute approximate surface area is 123 Å². The van der Waals surface area contributed by atoms with Crippen LogP contribution in [0.5, 0.6) is 0 Å². The Morgan fingerprint density at radius 3 is 2.65 bits per heavy atom. The molecule has 0 aromatic carbocycles. The average Bonchev–Trinajstić information content (AvgIpc) is 2.90. The van der Waals surface area contributed by atoms with Crippen molar-refractivity contribution in [3.8, 4) is 0 Å². The van der Waals surface area contributed by atoms with Crippen LogP contribution in [0, 0.1) is 11.8 Å². The van der Waals surface area contributed by atoms with Gasteiger partial charge in [-0.2, -0.15) is 0 Å². The zero-order chi connectivity index (χ0) is 15.3. The van der Waals surface area contributed by atoms with E-state index in [4.69, 9.17) is 10.9 Å². The Kier molecular flexibility index (Phi) is 5.56. The third-order valence-electron chi connectivity index (χ3n) is 3.28. The van der Waals surface area contributed by atoms with Crippen LogP contribution in [-0.4, -0.2) is 23.5 Å². The fourth-order valence-electron chi connectivity index (χ4n) is 2.01. The van der Waals surface area contributed by atoms with Crippen LogP contribution in [0.25, 0.3) is 0 Å². The number of carbonyl (C=O) groups excluding carboxylic acids is 1. The topological polar surface area (TPSA) is 87.7 Å². The maximum atomic E-state index is 12.2. The summed E-state index contributed by atoms with van der Waals surface area (Å²) in [5.41, 5.74) is 5.45. The van der Waals surface area contributed by atoms with E-state index in [0.717, 1.165) is 0 Å². The number of carbonyl (C=O) groups is 1. The number of oxime groups is 1. The fourth-order valence-corrected chi connectivity index (χ4v) is 2.86. The lowest BCUT2D eigenvalue weighted by molar-refractivity contribution is -0.124. The van der Waals surface area contributed by atoms with E-state index < -0.39 is 5.92 Å². The Balaban J connectivity index is 2.71. The van der Waals surface area contributed by atoms with Gasteiger partial charge < -0.3 is 16.3 Å². The SMILES string of the molecule is CC(C)C(C(=O)NCC(C)(C)c1cccs1)/C(N)=N/O. The van der Waals surface area contributed by atoms with E-state index >= 15 is 0 Å². The number of amidine groups is 1. The summed E-state index contributed by atoms with van der Waals surface area (Å²) in [6.07, 6.45) is 0. The molecule has 0 aliphatic rings. The number of rotatable bonds is 6. The molecule has 1 heterocycles. The summed E-state index contributed by atoms with van der Waals surface area (Å²) in [7, 11) is 0. The first-order valence-corrected chi connectivity index (χ1v) is 7.46. The molecule has 4 N–H and O–H groups in total. The smallest absolute Gasteiger partial charge is 0.231 e. The highest BCUT2D eigenvalue weighted by Gasteiger charge is 2.29. The van der Waals surface area contributed by atoms with Crippen molar-refractivity contribution in [2.45, 2.75) is 33.1 Å². The molecule has 1 unspecified atom stereocenters. The summed E-state index contributed by atoms with van der Waals surface area (Å²) in [6, 6.07) is 4.05. The molecule has 1 atom stereocenters. The molecule has 0 saturated heterocycles. The zero-order valence-electron chi connectivity index (χ0n) is 12.4. The Morgan fingerprint density at radius 1 is 1.55 bits per heavy atom. The minimum absolute atomic E-state index is 0.0317. The highest BCUT2D eigenvalue weighted by molar-refractivity contribution is 7.10. The summed E-state index contributed by atoms with van der Waals surface area (Å²) in [6.45, 7) is 8.40. The van der Waals surface area contributed by atoms with Crippen LogP contribution < -0.4 is 11.1 Å². The van der Waals surface area contributed by atoms with Crippen molar-refractivity contribution in [1.82, 2.24) is 5.32 Å². The van der Waals surface area contributed by atoms with Gasteiger partial charge in [-0.3, -0.25) is 4.79 Å². The molecule has 1 aromatic rings. The molecule has 0 saturated carbocycles. The van der Waals surface area contributed by atoms with E-state index in [1.807, 2.05) is 25.3 Å². The first kappa shape index (κ1) is 16.5. The van der Waals surface area contributed by atoms with Crippen LogP contribution in [0.2, 0.25) is 0 Å². The van der Waals surface area contributed by atoms with Gasteiger partial charge >= 0.3 is 0 Å². The molecule has 0 aliphatic heterocycles. The van der Waals surface area contributed by atoms with Gasteiger partial charge in [0.05, 0.1) is 0 Å². The third kappa shape index (κ3) is 3.96. The Bertz CT molecular complexity index is 467. The number of thiophene rings is 1. The standard InChI is InChI=1S/C14H23N3O2S/c1-9(2)11(12(15)17-19)13(18)16-8-14(3,4)10-6-5-7-20-10/h5-7,9,11,19H,8H2,1-4H3,(H2,15,17)(H,16,18). The van der Waals surface area contributed by atoms with E-state index in [2.05, 4.69) is 30.4 Å². The van der Waals surface area contributed by atoms with E-state index in [1.54, 1.807) is 11.3 Å². The van der Waals surface area contributed by atoms with Crippen LogP contribution in [0.4, 0.5) is 0 Å². The second kappa shape index (κ2) is 6.74. The van der Waals surface area contributed by atoms with Crippen molar-refractivity contribution in [2.24, 2.45) is 22.7 Å². The molecule has 1 amide bonds. The van der Waals surface area contributed by atoms with Crippen LogP contribution in [0.1, 0.15) is 32.6 Å². The molecule has 6 heteroatoms. The Hall–Kier alpha value is -1.56. The molecule has 112 valence electrons. The monoisotopic (exact) mass is 297 g/mol. The average molecular weight is 297 g/mol. The normalized spacial score (nSPS) is 14.3. The molecule has 0 radical (unpaired) electrons. The molecule has 0 spiro atoms. The number of nitrogens with two attached hydrogens (primary N) is 1. The summed E-state index contributed by atoms with van der Waals surface area (Å²) >= 11 is 1.67. The van der Waals surface area contributed by atoms with Crippen LogP contribution in [0.15, 0.2) is 22.7 Å². The lowest BCUT2D eigenvalue weighted by Crippen LogP contribution is -2.45. The van der Waals surface area contributed by atoms with Crippen LogP contribution in [-0.2, 0) is 10.2 Å². The zero-order valence-corrected chi connectivity index (χ0v) is 13.2. The van der Waals surface area contributed by atoms with Gasteiger partial charge in [-0.25, -0.2) is 0 Å². The minimum atomic E-state index is -0.612. The van der Waals surface area contributed by atoms with E-state index in [9.17, 15) is 4.79 Å². The molecule has 5 nitrogen and oxygen atoms in total. The molecular weight excluding hydrogens is 274 g/mol. The lowest BCUT2D eigenvalue weighted by Gasteiger charge is -2.26. The minimum Gasteiger partial charge on any atom is -0.409 e. The lowest BCUT2D eigenvalue weighted by atomic mass is 9.90. The Morgan fingerprint density at radius 2 is 2.20 bits per heavy atom. The third-order valence-corrected chi connectivity index (χ3v) is 4.51. The second-order valence-corrected chi connectivity index (χ2v) is 6.77. The molecule has 1 aromatic heterocycles. The second-order valence-electron chi connectivity index (χ2n) is 5.83. The van der Waals surface area contributed by atoms with E-state index in [0.29, 0.717) is 6.54 Å². The van der Waals surface area contributed by atoms with Gasteiger partial charge in [0.25, 0.3) is 0 Å². The van der Waals surface area contributed by atoms with Gasteiger partial charge in [-0.1, -0.05) is 38.9 Å². The largest absolute Gasteiger partial charge is 0.409 e. The molecule has 20 heavy (non-hydrogen) atoms. The first-order chi connectivity index (χ1) is 9.29. The predicted octanol–water partition coefficient (Wildman–Crippen LogP) is 2.16. The fraction of sp³-hybridized carbons (Fsp3) is 0.571. The van der Waals surface area contributed by atoms with Crippen molar-refractivity contribution in [3.63, 3.8) is 0 Å². The number of nitrogens with one attached hydrogen (secondary N) is 1. The van der Waals surface area contributed by atoms with Crippen molar-refractivity contribution in [2.75, 3.05) is 6.54 Å². The van der Waals surface area contributed by atoms with Crippen molar-refractivity contribution >= 4 is 23.1 Å². The molecule has 0 aliphatic carbocycles. The quantitative estimate of drug-likeness (QED) is 0.325. The van der Waals surface area contributed by atoms with Gasteiger partial charge in [-0.05, 0) is 17.4 Å². The molecule has 0 fully saturated rings. The number of hydrogen-bond donors (Lipinski definition) is 3. The van der Waals surface area contributed by atoms with Crippen molar-refractivity contribution in [3.05, 3.63) is 22.4 Å². The summed E-state index contributed by atoms with van der Waals surface area (Å²) < 4.78 is 0. The van der Waals surface area contributed by atoms with Gasteiger partial charge in [0, 0.05) is 16.8 Å². The summed E-state index contributed by atoms with van der Waals surface area (Å²) in [5.74, 6) is -0.902. The van der Waals surface area contributed by atoms with Gasteiger partial charge in [0.15, 0.2) is 5.84 Å². The summed E-state index contributed by atoms with van der Waals surface area (Å²) in [5, 5.41) is 16.7. The van der Waals surface area contributed by atoms with E-state index in [-0.39, 0.29) is 23.1 Å². The van der Waals surface area contributed by atoms with Crippen molar-refractivity contribution in [1.29, 1.82) is 0 Å². The van der Waals surface area contributed by atoms with Gasteiger partial charge in [-0.15, -0.1) is 11.3 Å². The summed E-state index contributed by atoms with van der Waals surface area (Å²) in [4.78, 5) is 13.4. The maximum Gasteiger partial charge on any atom is 0.231 e. The highest BCUT2D eigenvalue weighted by atomic mass is 32.1. The number of nitrogens with zero attached hydrogens (tertiary/aromatic N) is 1. The predicted molar refractivity (Wildman–Crippen MR) is 82.1 cm³/mol. The number of amides is 1. The first-order valence-electron chi connectivity index (χ1n) is 6.58. The van der Waals surface area contributed by atoms with Crippen LogP contribution >= 0.6 is 11.3 Å². The molecule has 1 rings (SSSR count).